The fourth-order valence-electron chi connectivity index (χ4n) is 1.27. The molecular formula is C9H12N4O4S. The average molecular weight is 272 g/mol. The van der Waals surface area contributed by atoms with E-state index in [1.807, 2.05) is 0 Å². The van der Waals surface area contributed by atoms with Crippen molar-refractivity contribution in [1.29, 1.82) is 0 Å². The van der Waals surface area contributed by atoms with Crippen LogP contribution in [0.4, 0.5) is 0 Å². The lowest BCUT2D eigenvalue weighted by Gasteiger charge is -1.99. The molecule has 0 aromatic carbocycles. The summed E-state index contributed by atoms with van der Waals surface area (Å²) < 4.78 is 34.8. The van der Waals surface area contributed by atoms with Crippen LogP contribution in [0.25, 0.3) is 0 Å². The highest BCUT2D eigenvalue weighted by Crippen LogP contribution is 2.13. The molecule has 2 N–H and O–H groups in total. The van der Waals surface area contributed by atoms with Crippen LogP contribution < -0.4 is 10.0 Å². The number of rotatable bonds is 6. The van der Waals surface area contributed by atoms with Crippen molar-refractivity contribution in [2.45, 2.75) is 18.2 Å². The third-order valence-corrected chi connectivity index (χ3v) is 3.45. The van der Waals surface area contributed by atoms with Gasteiger partial charge in [-0.15, -0.1) is 0 Å². The zero-order valence-electron chi connectivity index (χ0n) is 9.58. The van der Waals surface area contributed by atoms with E-state index in [1.54, 1.807) is 6.07 Å². The summed E-state index contributed by atoms with van der Waals surface area (Å²) >= 11 is 0. The molecule has 0 saturated heterocycles. The first-order valence-corrected chi connectivity index (χ1v) is 6.58. The molecule has 0 bridgehead atoms. The van der Waals surface area contributed by atoms with Crippen molar-refractivity contribution in [3.05, 3.63) is 30.1 Å². The van der Waals surface area contributed by atoms with E-state index in [4.69, 9.17) is 4.42 Å². The molecule has 18 heavy (non-hydrogen) atoms. The second kappa shape index (κ2) is 5.29. The Kier molecular flexibility index (Phi) is 3.75. The van der Waals surface area contributed by atoms with Crippen molar-refractivity contribution >= 4 is 10.0 Å². The molecule has 98 valence electrons. The molecule has 9 heteroatoms. The first kappa shape index (κ1) is 12.7. The quantitative estimate of drug-likeness (QED) is 0.753. The lowest BCUT2D eigenvalue weighted by Crippen LogP contribution is -2.18. The molecule has 0 aliphatic rings. The topological polar surface area (TPSA) is 110 Å². The summed E-state index contributed by atoms with van der Waals surface area (Å²) in [5.74, 6) is 1.02. The standard InChI is InChI=1S/C9H12N4O4S/c1-10-18(14,15)9-3-2-7(17-9)4-11-5-8-12-6-16-13-8/h2-3,6,10-11H,4-5H2,1H3. The van der Waals surface area contributed by atoms with Crippen LogP contribution >= 0.6 is 0 Å². The molecular weight excluding hydrogens is 260 g/mol. The van der Waals surface area contributed by atoms with Gasteiger partial charge < -0.3 is 14.3 Å². The summed E-state index contributed by atoms with van der Waals surface area (Å²) in [5, 5.41) is 6.50. The monoisotopic (exact) mass is 272 g/mol. The lowest BCUT2D eigenvalue weighted by atomic mass is 10.4. The summed E-state index contributed by atoms with van der Waals surface area (Å²) in [4.78, 5) is 3.83. The number of sulfonamides is 1. The fourth-order valence-corrected chi connectivity index (χ4v) is 1.93. The van der Waals surface area contributed by atoms with Crippen molar-refractivity contribution in [2.24, 2.45) is 0 Å². The first-order chi connectivity index (χ1) is 8.62. The fraction of sp³-hybridized carbons (Fsp3) is 0.333. The third kappa shape index (κ3) is 2.94. The molecule has 0 saturated carbocycles. The van der Waals surface area contributed by atoms with Crippen LogP contribution in [-0.2, 0) is 23.1 Å². The number of aromatic nitrogens is 2. The molecule has 2 rings (SSSR count). The Morgan fingerprint density at radius 3 is 2.83 bits per heavy atom. The van der Waals surface area contributed by atoms with Crippen LogP contribution in [0, 0.1) is 0 Å². The van der Waals surface area contributed by atoms with Gasteiger partial charge in [0, 0.05) is 0 Å². The van der Waals surface area contributed by atoms with E-state index in [0.717, 1.165) is 0 Å². The summed E-state index contributed by atoms with van der Waals surface area (Å²) in [7, 11) is -2.20. The molecule has 0 amide bonds. The van der Waals surface area contributed by atoms with Gasteiger partial charge in [-0.3, -0.25) is 0 Å². The van der Waals surface area contributed by atoms with Crippen molar-refractivity contribution < 1.29 is 17.4 Å². The number of furan rings is 1. The van der Waals surface area contributed by atoms with Gasteiger partial charge in [-0.05, 0) is 19.2 Å². The van der Waals surface area contributed by atoms with Gasteiger partial charge >= 0.3 is 0 Å². The second-order valence-corrected chi connectivity index (χ2v) is 5.20. The predicted molar refractivity (Wildman–Crippen MR) is 59.8 cm³/mol. The van der Waals surface area contributed by atoms with E-state index in [-0.39, 0.29) is 5.09 Å². The Morgan fingerprint density at radius 2 is 2.17 bits per heavy atom. The van der Waals surface area contributed by atoms with Crippen molar-refractivity contribution in [2.75, 3.05) is 7.05 Å². The maximum absolute atomic E-state index is 11.4. The molecule has 2 aromatic rings. The van der Waals surface area contributed by atoms with Crippen LogP contribution in [0.5, 0.6) is 0 Å². The van der Waals surface area contributed by atoms with Crippen LogP contribution in [0.3, 0.4) is 0 Å². The number of hydrogen-bond acceptors (Lipinski definition) is 7. The van der Waals surface area contributed by atoms with Crippen molar-refractivity contribution in [1.82, 2.24) is 20.2 Å². The molecule has 0 atom stereocenters. The third-order valence-electron chi connectivity index (χ3n) is 2.16. The Hall–Kier alpha value is -1.71. The van der Waals surface area contributed by atoms with Crippen LogP contribution in [0.2, 0.25) is 0 Å². The van der Waals surface area contributed by atoms with E-state index >= 15 is 0 Å². The van der Waals surface area contributed by atoms with E-state index in [9.17, 15) is 8.42 Å². The largest absolute Gasteiger partial charge is 0.447 e. The molecule has 0 aliphatic heterocycles. The smallest absolute Gasteiger partial charge is 0.273 e. The zero-order valence-corrected chi connectivity index (χ0v) is 10.4. The maximum atomic E-state index is 11.4. The molecule has 0 fully saturated rings. The van der Waals surface area contributed by atoms with Gasteiger partial charge in [-0.2, -0.15) is 4.98 Å². The van der Waals surface area contributed by atoms with E-state index in [1.165, 1.54) is 19.5 Å². The van der Waals surface area contributed by atoms with E-state index < -0.39 is 10.0 Å². The average Bonchev–Trinajstić information content (AvgIpc) is 3.00. The van der Waals surface area contributed by atoms with Crippen molar-refractivity contribution in [3.63, 3.8) is 0 Å². The minimum atomic E-state index is -3.53. The SMILES string of the molecule is CNS(=O)(=O)c1ccc(CNCc2ncon2)o1. The van der Waals surface area contributed by atoms with Gasteiger partial charge in [0.05, 0.1) is 13.1 Å². The molecule has 2 heterocycles. The maximum Gasteiger partial charge on any atom is 0.273 e. The minimum absolute atomic E-state index is 0.110. The summed E-state index contributed by atoms with van der Waals surface area (Å²) in [6, 6.07) is 2.99. The Morgan fingerprint density at radius 1 is 1.33 bits per heavy atom. The molecule has 2 aromatic heterocycles. The number of hydrogen-bond donors (Lipinski definition) is 2. The van der Waals surface area contributed by atoms with E-state index in [0.29, 0.717) is 24.7 Å². The Balaban J connectivity index is 1.91. The molecule has 0 aliphatic carbocycles. The van der Waals surface area contributed by atoms with Crippen LogP contribution in [0.15, 0.2) is 32.6 Å². The lowest BCUT2D eigenvalue weighted by molar-refractivity contribution is 0.392. The van der Waals surface area contributed by atoms with Gasteiger partial charge in [0.15, 0.2) is 5.82 Å². The van der Waals surface area contributed by atoms with Gasteiger partial charge in [0.25, 0.3) is 10.0 Å². The highest BCUT2D eigenvalue weighted by atomic mass is 32.2. The van der Waals surface area contributed by atoms with Gasteiger partial charge in [0.2, 0.25) is 11.5 Å². The van der Waals surface area contributed by atoms with Crippen LogP contribution in [0.1, 0.15) is 11.6 Å². The highest BCUT2D eigenvalue weighted by molar-refractivity contribution is 7.89. The van der Waals surface area contributed by atoms with Gasteiger partial charge in [-0.1, -0.05) is 5.16 Å². The summed E-state index contributed by atoms with van der Waals surface area (Å²) in [5.41, 5.74) is 0. The van der Waals surface area contributed by atoms with Gasteiger partial charge in [-0.25, -0.2) is 13.1 Å². The van der Waals surface area contributed by atoms with Crippen molar-refractivity contribution in [3.8, 4) is 0 Å². The Labute approximate surface area is 103 Å². The Bertz CT molecular complexity index is 590. The van der Waals surface area contributed by atoms with Crippen LogP contribution in [-0.4, -0.2) is 25.6 Å². The predicted octanol–water partition coefficient (Wildman–Crippen LogP) is -0.140. The molecule has 8 nitrogen and oxygen atoms in total. The normalized spacial score (nSPS) is 11.8. The molecule has 0 unspecified atom stereocenters. The molecule has 0 spiro atoms. The summed E-state index contributed by atoms with van der Waals surface area (Å²) in [6.07, 6.45) is 1.24. The minimum Gasteiger partial charge on any atom is -0.447 e. The number of nitrogens with zero attached hydrogens (tertiary/aromatic N) is 2. The highest BCUT2D eigenvalue weighted by Gasteiger charge is 2.16. The first-order valence-electron chi connectivity index (χ1n) is 5.10. The molecule has 0 radical (unpaired) electrons. The number of nitrogens with one attached hydrogen (secondary N) is 2. The summed E-state index contributed by atoms with van der Waals surface area (Å²) in [6.45, 7) is 0.777. The zero-order chi connectivity index (χ0) is 13.0. The van der Waals surface area contributed by atoms with Gasteiger partial charge in [0.1, 0.15) is 5.76 Å². The van der Waals surface area contributed by atoms with E-state index in [2.05, 4.69) is 24.7 Å². The second-order valence-electron chi connectivity index (χ2n) is 3.38.